The molecule has 0 saturated carbocycles. The van der Waals surface area contributed by atoms with Gasteiger partial charge in [0.1, 0.15) is 0 Å². The summed E-state index contributed by atoms with van der Waals surface area (Å²) in [7, 11) is 1.37. The zero-order valence-electron chi connectivity index (χ0n) is 14.4. The summed E-state index contributed by atoms with van der Waals surface area (Å²) in [6.07, 6.45) is -4.61. The zero-order valence-corrected chi connectivity index (χ0v) is 14.4. The Kier molecular flexibility index (Phi) is 8.04. The lowest BCUT2D eigenvalue weighted by Gasteiger charge is -2.20. The van der Waals surface area contributed by atoms with Crippen LogP contribution in [0.1, 0.15) is 18.9 Å². The molecule has 0 aromatic heterocycles. The summed E-state index contributed by atoms with van der Waals surface area (Å²) < 4.78 is 38.8. The molecule has 0 heterocycles. The molecule has 0 unspecified atom stereocenters. The van der Waals surface area contributed by atoms with Crippen LogP contribution in [0.25, 0.3) is 0 Å². The number of carbonyl (C=O) groups excluding carboxylic acids is 3. The van der Waals surface area contributed by atoms with E-state index >= 15 is 0 Å². The van der Waals surface area contributed by atoms with Gasteiger partial charge in [-0.25, -0.2) is 4.79 Å². The van der Waals surface area contributed by atoms with Crippen LogP contribution >= 0.6 is 0 Å². The Morgan fingerprint density at radius 3 is 2.35 bits per heavy atom. The topological polar surface area (TPSA) is 90.5 Å². The number of alkyl halides is 3. The number of hydrogen-bond donors (Lipinski definition) is 3. The molecule has 0 bridgehead atoms. The minimum atomic E-state index is -4.58. The summed E-state index contributed by atoms with van der Waals surface area (Å²) in [6, 6.07) is 4.05. The van der Waals surface area contributed by atoms with Crippen LogP contribution in [0.15, 0.2) is 24.3 Å². The fourth-order valence-electron chi connectivity index (χ4n) is 2.09. The van der Waals surface area contributed by atoms with Crippen molar-refractivity contribution in [1.82, 2.24) is 15.5 Å². The number of nitrogens with zero attached hydrogens (tertiary/aromatic N) is 1. The van der Waals surface area contributed by atoms with Crippen molar-refractivity contribution < 1.29 is 27.6 Å². The van der Waals surface area contributed by atoms with E-state index in [-0.39, 0.29) is 25.2 Å². The van der Waals surface area contributed by atoms with Crippen molar-refractivity contribution >= 4 is 23.5 Å². The molecule has 0 radical (unpaired) electrons. The van der Waals surface area contributed by atoms with Crippen LogP contribution in [0, 0.1) is 0 Å². The largest absolute Gasteiger partial charge is 0.418 e. The van der Waals surface area contributed by atoms with E-state index in [0.717, 1.165) is 6.07 Å². The van der Waals surface area contributed by atoms with E-state index in [4.69, 9.17) is 0 Å². The normalized spacial score (nSPS) is 11.2. The van der Waals surface area contributed by atoms with Gasteiger partial charge in [0.15, 0.2) is 0 Å². The molecule has 0 aliphatic carbocycles. The molecular formula is C16H21F3N4O3. The number of carbonyl (C=O) groups is 3. The molecule has 144 valence electrons. The predicted octanol–water partition coefficient (Wildman–Crippen LogP) is 1.81. The van der Waals surface area contributed by atoms with E-state index in [1.54, 1.807) is 11.8 Å². The van der Waals surface area contributed by atoms with Gasteiger partial charge in [-0.2, -0.15) is 13.2 Å². The highest BCUT2D eigenvalue weighted by Crippen LogP contribution is 2.34. The third kappa shape index (κ3) is 7.09. The first-order valence-electron chi connectivity index (χ1n) is 7.87. The molecule has 1 aromatic rings. The van der Waals surface area contributed by atoms with Crippen LogP contribution in [-0.2, 0) is 15.8 Å². The van der Waals surface area contributed by atoms with Gasteiger partial charge in [-0.3, -0.25) is 19.8 Å². The quantitative estimate of drug-likeness (QED) is 0.679. The number of likely N-dealkylation sites (N-methyl/N-ethyl adjacent to an activating group) is 1. The van der Waals surface area contributed by atoms with Crippen molar-refractivity contribution in [1.29, 1.82) is 0 Å². The summed E-state index contributed by atoms with van der Waals surface area (Å²) in [5.41, 5.74) is -1.25. The van der Waals surface area contributed by atoms with Gasteiger partial charge in [-0.1, -0.05) is 19.1 Å². The average molecular weight is 374 g/mol. The van der Waals surface area contributed by atoms with Gasteiger partial charge in [-0.05, 0) is 18.7 Å². The maximum Gasteiger partial charge on any atom is 0.418 e. The molecule has 4 amide bonds. The molecular weight excluding hydrogens is 353 g/mol. The molecule has 0 atom stereocenters. The molecule has 0 saturated heterocycles. The van der Waals surface area contributed by atoms with Crippen LogP contribution in [0.5, 0.6) is 0 Å². The molecule has 26 heavy (non-hydrogen) atoms. The van der Waals surface area contributed by atoms with E-state index in [1.807, 2.05) is 0 Å². The Bertz CT molecular complexity index is 650. The van der Waals surface area contributed by atoms with Crippen molar-refractivity contribution in [3.8, 4) is 0 Å². The molecule has 0 spiro atoms. The summed E-state index contributed by atoms with van der Waals surface area (Å²) in [4.78, 5) is 36.2. The SMILES string of the molecule is CCN(CCC(=O)NC(=O)NC)CC(=O)Nc1ccccc1C(F)(F)F. The minimum Gasteiger partial charge on any atom is -0.341 e. The molecule has 1 rings (SSSR count). The lowest BCUT2D eigenvalue weighted by Crippen LogP contribution is -2.40. The standard InChI is InChI=1S/C16H21F3N4O3/c1-3-23(9-8-13(24)22-15(26)20-2)10-14(25)21-12-7-5-4-6-11(12)16(17,18)19/h4-7H,3,8-10H2,1-2H3,(H,21,25)(H2,20,22,24,26). The summed E-state index contributed by atoms with van der Waals surface area (Å²) in [6.45, 7) is 2.14. The van der Waals surface area contributed by atoms with E-state index in [0.29, 0.717) is 6.54 Å². The van der Waals surface area contributed by atoms with Crippen molar-refractivity contribution in [3.63, 3.8) is 0 Å². The minimum absolute atomic E-state index is 0.0340. The molecule has 1 aromatic carbocycles. The predicted molar refractivity (Wildman–Crippen MR) is 89.4 cm³/mol. The van der Waals surface area contributed by atoms with E-state index in [2.05, 4.69) is 16.0 Å². The Hall–Kier alpha value is -2.62. The molecule has 7 nitrogen and oxygen atoms in total. The third-order valence-electron chi connectivity index (χ3n) is 3.46. The highest BCUT2D eigenvalue weighted by Gasteiger charge is 2.33. The summed E-state index contributed by atoms with van der Waals surface area (Å²) >= 11 is 0. The van der Waals surface area contributed by atoms with Gasteiger partial charge in [0.25, 0.3) is 0 Å². The lowest BCUT2D eigenvalue weighted by molar-refractivity contribution is -0.137. The van der Waals surface area contributed by atoms with Crippen LogP contribution < -0.4 is 16.0 Å². The van der Waals surface area contributed by atoms with Crippen LogP contribution in [0.4, 0.5) is 23.7 Å². The van der Waals surface area contributed by atoms with Crippen molar-refractivity contribution in [2.75, 3.05) is 32.0 Å². The molecule has 10 heteroatoms. The third-order valence-corrected chi connectivity index (χ3v) is 3.46. The fraction of sp³-hybridized carbons (Fsp3) is 0.438. The number of anilines is 1. The van der Waals surface area contributed by atoms with Gasteiger partial charge >= 0.3 is 12.2 Å². The second-order valence-electron chi connectivity index (χ2n) is 5.34. The van der Waals surface area contributed by atoms with Gasteiger partial charge in [-0.15, -0.1) is 0 Å². The van der Waals surface area contributed by atoms with E-state index < -0.39 is 29.6 Å². The second kappa shape index (κ2) is 9.76. The van der Waals surface area contributed by atoms with Crippen molar-refractivity contribution in [3.05, 3.63) is 29.8 Å². The number of imide groups is 1. The number of urea groups is 1. The Balaban J connectivity index is 2.60. The summed E-state index contributed by atoms with van der Waals surface area (Å²) in [5.74, 6) is -1.15. The molecule has 3 N–H and O–H groups in total. The maximum absolute atomic E-state index is 12.9. The van der Waals surface area contributed by atoms with Crippen molar-refractivity contribution in [2.24, 2.45) is 0 Å². The van der Waals surface area contributed by atoms with Crippen molar-refractivity contribution in [2.45, 2.75) is 19.5 Å². The molecule has 0 aliphatic heterocycles. The van der Waals surface area contributed by atoms with Crippen LogP contribution in [0.2, 0.25) is 0 Å². The smallest absolute Gasteiger partial charge is 0.341 e. The molecule has 0 aliphatic rings. The number of amides is 4. The van der Waals surface area contributed by atoms with E-state index in [1.165, 1.54) is 25.2 Å². The highest BCUT2D eigenvalue weighted by molar-refractivity contribution is 5.94. The van der Waals surface area contributed by atoms with Crippen LogP contribution in [0.3, 0.4) is 0 Å². The molecule has 0 fully saturated rings. The van der Waals surface area contributed by atoms with Gasteiger partial charge in [0.2, 0.25) is 11.8 Å². The number of rotatable bonds is 7. The Labute approximate surface area is 148 Å². The van der Waals surface area contributed by atoms with Gasteiger partial charge in [0, 0.05) is 20.0 Å². The number of benzene rings is 1. The number of hydrogen-bond acceptors (Lipinski definition) is 4. The number of para-hydroxylation sites is 1. The van der Waals surface area contributed by atoms with Gasteiger partial charge in [0.05, 0.1) is 17.8 Å². The first kappa shape index (κ1) is 21.4. The second-order valence-corrected chi connectivity index (χ2v) is 5.34. The first-order valence-corrected chi connectivity index (χ1v) is 7.87. The fourth-order valence-corrected chi connectivity index (χ4v) is 2.09. The maximum atomic E-state index is 12.9. The zero-order chi connectivity index (χ0) is 19.7. The Morgan fingerprint density at radius 1 is 1.12 bits per heavy atom. The average Bonchev–Trinajstić information content (AvgIpc) is 2.57. The van der Waals surface area contributed by atoms with E-state index in [9.17, 15) is 27.6 Å². The summed E-state index contributed by atoms with van der Waals surface area (Å²) in [5, 5.41) is 6.56. The number of halogens is 3. The van der Waals surface area contributed by atoms with Gasteiger partial charge < -0.3 is 10.6 Å². The monoisotopic (exact) mass is 374 g/mol. The Morgan fingerprint density at radius 2 is 1.77 bits per heavy atom. The van der Waals surface area contributed by atoms with Crippen LogP contribution in [-0.4, -0.2) is 49.4 Å². The highest BCUT2D eigenvalue weighted by atomic mass is 19.4. The first-order chi connectivity index (χ1) is 12.2. The lowest BCUT2D eigenvalue weighted by atomic mass is 10.1. The number of nitrogens with one attached hydrogen (secondary N) is 3.